The van der Waals surface area contributed by atoms with Crippen molar-refractivity contribution in [2.45, 2.75) is 104 Å². The van der Waals surface area contributed by atoms with Crippen LogP contribution in [0, 0.1) is 5.41 Å². The molecule has 2 aromatic rings. The van der Waals surface area contributed by atoms with Crippen LogP contribution in [0.3, 0.4) is 0 Å². The number of alkyl carbamates (subject to hydrolysis) is 1. The van der Waals surface area contributed by atoms with Crippen LogP contribution in [0.5, 0.6) is 11.6 Å². The number of ether oxygens (including phenoxy) is 4. The van der Waals surface area contributed by atoms with Crippen LogP contribution in [-0.4, -0.2) is 123 Å². The summed E-state index contributed by atoms with van der Waals surface area (Å²) in [5, 5.41) is 6.78. The van der Waals surface area contributed by atoms with Gasteiger partial charge in [0.1, 0.15) is 35.2 Å². The van der Waals surface area contributed by atoms with E-state index >= 15 is 0 Å². The van der Waals surface area contributed by atoms with Gasteiger partial charge >= 0.3 is 16.4 Å². The molecule has 3 fully saturated rings. The molecule has 3 N–H and O–H groups in total. The van der Waals surface area contributed by atoms with E-state index in [9.17, 15) is 27.6 Å². The number of hydrogen-bond donors (Lipinski definition) is 3. The average Bonchev–Trinajstić information content (AvgIpc) is 3.68. The van der Waals surface area contributed by atoms with E-state index < -0.39 is 68.9 Å². The fourth-order valence-electron chi connectivity index (χ4n) is 6.76. The highest BCUT2D eigenvalue weighted by Crippen LogP contribution is 2.40. The third kappa shape index (κ3) is 11.8. The van der Waals surface area contributed by atoms with Gasteiger partial charge in [0.25, 0.3) is 5.91 Å². The molecule has 2 saturated heterocycles. The zero-order valence-electron chi connectivity index (χ0n) is 34.0. The van der Waals surface area contributed by atoms with Crippen LogP contribution < -0.4 is 24.8 Å². The summed E-state index contributed by atoms with van der Waals surface area (Å²) in [6, 6.07) is 4.81. The number of nitrogens with one attached hydrogen (secondary N) is 3. The second kappa shape index (κ2) is 17.5. The number of likely N-dealkylation sites (tertiary alicyclic amines) is 1. The maximum atomic E-state index is 14.7. The lowest BCUT2D eigenvalue weighted by Gasteiger charge is -2.37. The number of rotatable bonds is 15. The van der Waals surface area contributed by atoms with Crippen molar-refractivity contribution < 1.29 is 55.0 Å². The molecule has 3 heterocycles. The fourth-order valence-corrected chi connectivity index (χ4v) is 7.83. The summed E-state index contributed by atoms with van der Waals surface area (Å²) in [6.07, 6.45) is 2.64. The minimum absolute atomic E-state index is 0. The van der Waals surface area contributed by atoms with Crippen LogP contribution in [0.4, 0.5) is 4.79 Å². The van der Waals surface area contributed by atoms with E-state index in [0.29, 0.717) is 56.8 Å². The lowest BCUT2D eigenvalue weighted by atomic mass is 9.85. The van der Waals surface area contributed by atoms with E-state index in [2.05, 4.69) is 20.5 Å². The molecule has 18 heteroatoms. The quantitative estimate of drug-likeness (QED) is 0.218. The predicted octanol–water partition coefficient (Wildman–Crippen LogP) is 3.92. The van der Waals surface area contributed by atoms with Crippen molar-refractivity contribution in [3.05, 3.63) is 42.2 Å². The maximum Gasteiger partial charge on any atom is 0.408 e. The van der Waals surface area contributed by atoms with E-state index in [1.807, 2.05) is 10.8 Å². The summed E-state index contributed by atoms with van der Waals surface area (Å²) in [7, 11) is -2.93. The number of hydrogen-bond acceptors (Lipinski definition) is 13. The van der Waals surface area contributed by atoms with Crippen LogP contribution in [-0.2, 0) is 38.3 Å². The largest absolute Gasteiger partial charge is 0.497 e. The molecule has 5 rings (SSSR count). The molecule has 57 heavy (non-hydrogen) atoms. The molecule has 1 saturated carbocycles. The topological polar surface area (TPSA) is 204 Å². The number of pyridine rings is 1. The molecule has 0 spiro atoms. The number of benzene rings is 1. The first-order valence-corrected chi connectivity index (χ1v) is 20.6. The van der Waals surface area contributed by atoms with Gasteiger partial charge in [0, 0.05) is 41.9 Å². The number of aromatic nitrogens is 1. The van der Waals surface area contributed by atoms with Gasteiger partial charge in [-0.3, -0.25) is 19.3 Å². The van der Waals surface area contributed by atoms with E-state index in [0.717, 1.165) is 5.39 Å². The molecule has 17 nitrogen and oxygen atoms in total. The van der Waals surface area contributed by atoms with Crippen LogP contribution in [0.1, 0.15) is 78.4 Å². The number of amides is 4. The number of carbonyl (C=O) groups is 4. The lowest BCUT2D eigenvalue weighted by Crippen LogP contribution is -2.59. The van der Waals surface area contributed by atoms with Crippen molar-refractivity contribution in [2.24, 2.45) is 5.41 Å². The summed E-state index contributed by atoms with van der Waals surface area (Å²) < 4.78 is 55.3. The first-order chi connectivity index (χ1) is 26.7. The zero-order chi connectivity index (χ0) is 41.8. The Balaban J connectivity index is 0.00000413. The first-order valence-electron chi connectivity index (χ1n) is 19.2. The molecular weight excluding hydrogens is 761 g/mol. The summed E-state index contributed by atoms with van der Waals surface area (Å²) in [5.74, 6) is -1.56. The lowest BCUT2D eigenvalue weighted by molar-refractivity contribution is -0.142. The van der Waals surface area contributed by atoms with E-state index in [1.54, 1.807) is 80.0 Å². The Morgan fingerprint density at radius 1 is 1.11 bits per heavy atom. The summed E-state index contributed by atoms with van der Waals surface area (Å²) in [4.78, 5) is 63.5. The molecule has 0 radical (unpaired) electrons. The molecule has 1 aromatic heterocycles. The van der Waals surface area contributed by atoms with Crippen molar-refractivity contribution in [1.82, 2.24) is 30.1 Å². The minimum atomic E-state index is -4.50. The molecular formula is C39H62N6O11S. The van der Waals surface area contributed by atoms with Crippen LogP contribution in [0.15, 0.2) is 42.2 Å². The van der Waals surface area contributed by atoms with Crippen molar-refractivity contribution in [1.29, 1.82) is 0 Å². The molecule has 3 aliphatic rings. The van der Waals surface area contributed by atoms with Gasteiger partial charge in [-0.15, -0.1) is 0 Å². The standard InChI is InChI=1S/C39H56N6O11S.3H2/c1-9-10-29(32(46)43-57(50,51)56-39(7)14-15-39)41-33(47)30-22-27(54-34-28-12-11-26(52-8)21-25(28)13-16-40-34)23-45(30)35(48)31(37(2,3)4)42-36(49)55-38(5,6)24-44-17-19-53-20-18-44;;;/h10-13,16,21,27,30-31H,9,14-15,17-20,22-24H2,1-8H3,(H,41,47)(H,42,49)(H,43,46);3*1H/b29-10+;;;. The van der Waals surface area contributed by atoms with Gasteiger partial charge in [0.2, 0.25) is 17.7 Å². The number of carbonyl (C=O) groups excluding carboxylic acids is 4. The Bertz CT molecular complexity index is 1970. The number of fused-ring (bicyclic) bond motifs is 1. The molecule has 1 aromatic carbocycles. The van der Waals surface area contributed by atoms with Gasteiger partial charge in [0.05, 0.1) is 32.5 Å². The van der Waals surface area contributed by atoms with E-state index in [-0.39, 0.29) is 35.2 Å². The fraction of sp³-hybridized carbons (Fsp3) is 0.615. The second-order valence-corrected chi connectivity index (χ2v) is 17.9. The Hall–Kier alpha value is -4.52. The van der Waals surface area contributed by atoms with Crippen molar-refractivity contribution in [3.63, 3.8) is 0 Å². The Labute approximate surface area is 338 Å². The Kier molecular flexibility index (Phi) is 13.4. The third-order valence-electron chi connectivity index (χ3n) is 9.91. The summed E-state index contributed by atoms with van der Waals surface area (Å²) >= 11 is 0. The average molecular weight is 823 g/mol. The maximum absolute atomic E-state index is 14.7. The molecule has 3 unspecified atom stereocenters. The minimum Gasteiger partial charge on any atom is -0.497 e. The summed E-state index contributed by atoms with van der Waals surface area (Å²) in [5.41, 5.74) is -3.00. The highest BCUT2D eigenvalue weighted by atomic mass is 32.2. The monoisotopic (exact) mass is 822 g/mol. The molecule has 320 valence electrons. The van der Waals surface area contributed by atoms with Gasteiger partial charge in [-0.1, -0.05) is 33.8 Å². The van der Waals surface area contributed by atoms with E-state index in [4.69, 9.17) is 23.1 Å². The Morgan fingerprint density at radius 2 is 1.81 bits per heavy atom. The smallest absolute Gasteiger partial charge is 0.408 e. The molecule has 4 amide bonds. The van der Waals surface area contributed by atoms with Crippen LogP contribution in [0.2, 0.25) is 0 Å². The first kappa shape index (κ1) is 43.6. The van der Waals surface area contributed by atoms with Crippen molar-refractivity contribution in [3.8, 4) is 11.6 Å². The molecule has 2 aliphatic heterocycles. The number of allylic oxidation sites excluding steroid dienone is 1. The highest BCUT2D eigenvalue weighted by molar-refractivity contribution is 7.85. The van der Waals surface area contributed by atoms with Gasteiger partial charge < -0.3 is 34.5 Å². The second-order valence-electron chi connectivity index (χ2n) is 16.6. The van der Waals surface area contributed by atoms with Gasteiger partial charge in [0.15, 0.2) is 0 Å². The predicted molar refractivity (Wildman–Crippen MR) is 216 cm³/mol. The van der Waals surface area contributed by atoms with Gasteiger partial charge in [-0.2, -0.15) is 8.42 Å². The van der Waals surface area contributed by atoms with Crippen molar-refractivity contribution >= 4 is 44.9 Å². The van der Waals surface area contributed by atoms with E-state index in [1.165, 1.54) is 11.0 Å². The number of nitrogens with zero attached hydrogens (tertiary/aromatic N) is 3. The summed E-state index contributed by atoms with van der Waals surface area (Å²) in [6.45, 7) is 15.1. The Morgan fingerprint density at radius 3 is 2.44 bits per heavy atom. The third-order valence-corrected chi connectivity index (χ3v) is 11.0. The number of morpholine rings is 1. The molecule has 1 aliphatic carbocycles. The highest BCUT2D eigenvalue weighted by Gasteiger charge is 2.47. The zero-order valence-corrected chi connectivity index (χ0v) is 34.8. The van der Waals surface area contributed by atoms with Gasteiger partial charge in [-0.05, 0) is 75.1 Å². The van der Waals surface area contributed by atoms with Crippen LogP contribution >= 0.6 is 0 Å². The normalized spacial score (nSPS) is 20.7. The number of methoxy groups -OCH3 is 1. The molecule has 3 atom stereocenters. The van der Waals surface area contributed by atoms with Crippen molar-refractivity contribution in [2.75, 3.05) is 46.5 Å². The molecule has 0 bridgehead atoms. The SMILES string of the molecule is CC/C=C(/NC(=O)C1CC(Oc2nccc3cc(OC)ccc23)CN1C(=O)C(NC(=O)OC(C)(C)CN1CCOCC1)C(C)(C)C)C(=O)NS(=O)(=O)OC1(C)CC1.[HH].[HH].[HH]. The van der Waals surface area contributed by atoms with Crippen LogP contribution in [0.25, 0.3) is 10.8 Å². The van der Waals surface area contributed by atoms with Gasteiger partial charge in [-0.25, -0.2) is 18.7 Å².